The summed E-state index contributed by atoms with van der Waals surface area (Å²) < 4.78 is 3.53. The molecule has 0 aromatic carbocycles. The molecule has 0 unspecified atom stereocenters. The van der Waals surface area contributed by atoms with Crippen LogP contribution in [0.4, 0.5) is 11.5 Å². The van der Waals surface area contributed by atoms with Crippen LogP contribution < -0.4 is 5.32 Å². The van der Waals surface area contributed by atoms with Gasteiger partial charge in [0.05, 0.1) is 24.6 Å². The third-order valence-corrected chi connectivity index (χ3v) is 4.17. The Balaban J connectivity index is 1.71. The van der Waals surface area contributed by atoms with Gasteiger partial charge in [-0.25, -0.2) is 0 Å². The van der Waals surface area contributed by atoms with E-state index in [0.717, 1.165) is 17.8 Å². The minimum Gasteiger partial charge on any atom is -0.358 e. The number of H-pyrrole nitrogens is 1. The number of carbonyl (C=O) groups excluding carboxylic acids is 1. The summed E-state index contributed by atoms with van der Waals surface area (Å²) in [6, 6.07) is 0. The van der Waals surface area contributed by atoms with Crippen molar-refractivity contribution in [3.8, 4) is 0 Å². The van der Waals surface area contributed by atoms with Gasteiger partial charge in [-0.2, -0.15) is 10.2 Å². The molecule has 3 aromatic heterocycles. The van der Waals surface area contributed by atoms with E-state index in [9.17, 15) is 14.9 Å². The predicted molar refractivity (Wildman–Crippen MR) is 92.2 cm³/mol. The van der Waals surface area contributed by atoms with Gasteiger partial charge in [0.25, 0.3) is 5.91 Å². The number of halogens is 1. The number of carbonyl (C=O) groups is 1. The largest absolute Gasteiger partial charge is 0.362 e. The lowest BCUT2D eigenvalue weighted by atomic mass is 10.2. The summed E-state index contributed by atoms with van der Waals surface area (Å²) in [5.74, 6) is -1.20. The van der Waals surface area contributed by atoms with Gasteiger partial charge in [-0.1, -0.05) is 16.7 Å². The molecule has 0 saturated heterocycles. The third-order valence-electron chi connectivity index (χ3n) is 3.81. The molecule has 0 saturated carbocycles. The molecule has 12 heteroatoms. The molecular weight excluding hydrogens is 364 g/mol. The quantitative estimate of drug-likeness (QED) is 0.497. The number of amides is 1. The van der Waals surface area contributed by atoms with Gasteiger partial charge in [0.2, 0.25) is 0 Å². The van der Waals surface area contributed by atoms with Crippen molar-refractivity contribution in [1.29, 1.82) is 0 Å². The SMILES string of the molecule is CCn1ncc(Cn2cc(NC(=O)c3n[nH]c([N+](=O)[O-])c3Cl)cn2)c1C. The van der Waals surface area contributed by atoms with Crippen LogP contribution >= 0.6 is 11.6 Å². The van der Waals surface area contributed by atoms with E-state index in [-0.39, 0.29) is 10.7 Å². The molecule has 0 aliphatic carbocycles. The molecule has 0 aliphatic heterocycles. The van der Waals surface area contributed by atoms with E-state index in [0.29, 0.717) is 12.2 Å². The van der Waals surface area contributed by atoms with Crippen LogP contribution in [0.2, 0.25) is 5.02 Å². The van der Waals surface area contributed by atoms with E-state index < -0.39 is 16.6 Å². The van der Waals surface area contributed by atoms with Crippen molar-refractivity contribution in [3.05, 3.63) is 50.7 Å². The molecule has 0 spiro atoms. The lowest BCUT2D eigenvalue weighted by Gasteiger charge is -2.03. The normalized spacial score (nSPS) is 10.9. The first-order valence-corrected chi connectivity index (χ1v) is 8.01. The number of nitro groups is 1. The van der Waals surface area contributed by atoms with Crippen molar-refractivity contribution in [3.63, 3.8) is 0 Å². The Morgan fingerprint density at radius 3 is 2.81 bits per heavy atom. The van der Waals surface area contributed by atoms with Crippen LogP contribution in [0.3, 0.4) is 0 Å². The Morgan fingerprint density at radius 2 is 2.19 bits per heavy atom. The molecule has 0 aliphatic rings. The molecule has 11 nitrogen and oxygen atoms in total. The highest BCUT2D eigenvalue weighted by Gasteiger charge is 2.25. The van der Waals surface area contributed by atoms with E-state index in [4.69, 9.17) is 11.6 Å². The van der Waals surface area contributed by atoms with E-state index in [2.05, 4.69) is 25.7 Å². The van der Waals surface area contributed by atoms with E-state index in [1.807, 2.05) is 18.5 Å². The number of nitrogens with zero attached hydrogens (tertiary/aromatic N) is 6. The number of aromatic amines is 1. The van der Waals surface area contributed by atoms with Gasteiger partial charge in [0.15, 0.2) is 10.7 Å². The fourth-order valence-corrected chi connectivity index (χ4v) is 2.67. The molecule has 0 bridgehead atoms. The summed E-state index contributed by atoms with van der Waals surface area (Å²) in [6.07, 6.45) is 4.88. The zero-order valence-corrected chi connectivity index (χ0v) is 14.7. The van der Waals surface area contributed by atoms with Crippen LogP contribution in [0.1, 0.15) is 28.7 Å². The Kier molecular flexibility index (Phi) is 4.71. The number of nitrogens with one attached hydrogen (secondary N) is 2. The second kappa shape index (κ2) is 6.96. The highest BCUT2D eigenvalue weighted by molar-refractivity contribution is 6.35. The first kappa shape index (κ1) is 17.6. The summed E-state index contributed by atoms with van der Waals surface area (Å²) in [7, 11) is 0. The number of rotatable bonds is 6. The molecule has 0 radical (unpaired) electrons. The van der Waals surface area contributed by atoms with Gasteiger partial charge in [0.1, 0.15) is 0 Å². The molecule has 26 heavy (non-hydrogen) atoms. The van der Waals surface area contributed by atoms with Gasteiger partial charge < -0.3 is 15.4 Å². The molecule has 3 heterocycles. The Morgan fingerprint density at radius 1 is 1.42 bits per heavy atom. The molecule has 1 amide bonds. The standard InChI is InChI=1S/C14H15ClN8O3/c1-3-22-8(2)9(4-17-22)6-21-7-10(5-16-21)18-14(24)12-11(15)13(20-19-12)23(25)26/h4-5,7H,3,6H2,1-2H3,(H,18,24)(H,19,20). The van der Waals surface area contributed by atoms with Crippen molar-refractivity contribution >= 4 is 29.0 Å². The molecule has 0 fully saturated rings. The Labute approximate surface area is 152 Å². The zero-order chi connectivity index (χ0) is 18.8. The number of hydrogen-bond donors (Lipinski definition) is 2. The fourth-order valence-electron chi connectivity index (χ4n) is 2.43. The molecule has 2 N–H and O–H groups in total. The third kappa shape index (κ3) is 3.28. The van der Waals surface area contributed by atoms with Crippen LogP contribution in [0.5, 0.6) is 0 Å². The maximum atomic E-state index is 12.2. The lowest BCUT2D eigenvalue weighted by molar-refractivity contribution is -0.389. The number of hydrogen-bond acceptors (Lipinski definition) is 6. The van der Waals surface area contributed by atoms with Crippen LogP contribution in [0.15, 0.2) is 18.6 Å². The predicted octanol–water partition coefficient (Wildman–Crippen LogP) is 1.99. The van der Waals surface area contributed by atoms with Crippen molar-refractivity contribution in [2.24, 2.45) is 0 Å². The summed E-state index contributed by atoms with van der Waals surface area (Å²) in [6.45, 7) is 5.26. The van der Waals surface area contributed by atoms with Gasteiger partial charge >= 0.3 is 5.82 Å². The minimum absolute atomic E-state index is 0.258. The van der Waals surface area contributed by atoms with Gasteiger partial charge in [-0.15, -0.1) is 5.10 Å². The van der Waals surface area contributed by atoms with Crippen LogP contribution in [0, 0.1) is 17.0 Å². The average molecular weight is 379 g/mol. The highest BCUT2D eigenvalue weighted by Crippen LogP contribution is 2.25. The minimum atomic E-state index is -0.747. The van der Waals surface area contributed by atoms with Crippen molar-refractivity contribution in [2.75, 3.05) is 5.32 Å². The van der Waals surface area contributed by atoms with Crippen LogP contribution in [-0.4, -0.2) is 40.6 Å². The fraction of sp³-hybridized carbons (Fsp3) is 0.286. The summed E-state index contributed by atoms with van der Waals surface area (Å²) in [5, 5.41) is 27.1. The highest BCUT2D eigenvalue weighted by atomic mass is 35.5. The summed E-state index contributed by atoms with van der Waals surface area (Å²) in [4.78, 5) is 22.2. The van der Waals surface area contributed by atoms with Crippen LogP contribution in [-0.2, 0) is 13.1 Å². The lowest BCUT2D eigenvalue weighted by Crippen LogP contribution is -2.12. The molecule has 136 valence electrons. The molecular formula is C14H15ClN8O3. The number of aryl methyl sites for hydroxylation is 1. The zero-order valence-electron chi connectivity index (χ0n) is 13.9. The second-order valence-corrected chi connectivity index (χ2v) is 5.82. The average Bonchev–Trinajstić information content (AvgIpc) is 3.28. The summed E-state index contributed by atoms with van der Waals surface area (Å²) >= 11 is 5.80. The maximum Gasteiger partial charge on any atom is 0.362 e. The number of anilines is 1. The smallest absolute Gasteiger partial charge is 0.358 e. The Bertz CT molecular complexity index is 973. The summed E-state index contributed by atoms with van der Waals surface area (Å²) in [5.41, 5.74) is 2.21. The van der Waals surface area contributed by atoms with Gasteiger partial charge in [-0.3, -0.25) is 14.2 Å². The monoisotopic (exact) mass is 378 g/mol. The van der Waals surface area contributed by atoms with Gasteiger partial charge in [-0.05, 0) is 18.8 Å². The second-order valence-electron chi connectivity index (χ2n) is 5.44. The van der Waals surface area contributed by atoms with Gasteiger partial charge in [0, 0.05) is 24.0 Å². The molecule has 3 aromatic rings. The van der Waals surface area contributed by atoms with E-state index in [1.165, 1.54) is 6.20 Å². The maximum absolute atomic E-state index is 12.2. The van der Waals surface area contributed by atoms with E-state index >= 15 is 0 Å². The molecule has 3 rings (SSSR count). The van der Waals surface area contributed by atoms with Crippen LogP contribution in [0.25, 0.3) is 0 Å². The van der Waals surface area contributed by atoms with Crippen molar-refractivity contribution < 1.29 is 9.72 Å². The van der Waals surface area contributed by atoms with Crippen molar-refractivity contribution in [1.82, 2.24) is 29.8 Å². The number of aromatic nitrogens is 6. The first-order valence-electron chi connectivity index (χ1n) is 7.64. The molecule has 0 atom stereocenters. The Hall–Kier alpha value is -3.21. The van der Waals surface area contributed by atoms with Crippen molar-refractivity contribution in [2.45, 2.75) is 26.9 Å². The first-order chi connectivity index (χ1) is 12.4. The van der Waals surface area contributed by atoms with E-state index in [1.54, 1.807) is 17.1 Å². The topological polar surface area (TPSA) is 137 Å².